The molecule has 1 saturated heterocycles. The molecule has 1 aliphatic rings. The molecule has 0 spiro atoms. The Morgan fingerprint density at radius 3 is 3.00 bits per heavy atom. The fraction of sp³-hybridized carbons (Fsp3) is 0.545. The fourth-order valence-electron chi connectivity index (χ4n) is 2.13. The molecule has 5 heteroatoms. The van der Waals surface area contributed by atoms with Crippen LogP contribution in [0.3, 0.4) is 0 Å². The molecule has 1 aliphatic heterocycles. The molecule has 86 valence electrons. The molecule has 0 aliphatic carbocycles. The van der Waals surface area contributed by atoms with Gasteiger partial charge in [0.1, 0.15) is 0 Å². The van der Waals surface area contributed by atoms with Gasteiger partial charge in [0, 0.05) is 36.7 Å². The van der Waals surface area contributed by atoms with Gasteiger partial charge in [-0.1, -0.05) is 6.92 Å². The van der Waals surface area contributed by atoms with Crippen LogP contribution in [0.1, 0.15) is 31.9 Å². The Balaban J connectivity index is 2.32. The van der Waals surface area contributed by atoms with Gasteiger partial charge in [0.05, 0.1) is 6.33 Å². The van der Waals surface area contributed by atoms with Crippen molar-refractivity contribution < 1.29 is 9.59 Å². The number of hydrogen-bond donors (Lipinski definition) is 1. The molecule has 16 heavy (non-hydrogen) atoms. The van der Waals surface area contributed by atoms with Gasteiger partial charge in [0.25, 0.3) is 0 Å². The van der Waals surface area contributed by atoms with Gasteiger partial charge in [-0.2, -0.15) is 0 Å². The highest BCUT2D eigenvalue weighted by Crippen LogP contribution is 2.30. The smallest absolute Gasteiger partial charge is 0.230 e. The van der Waals surface area contributed by atoms with Crippen LogP contribution in [-0.4, -0.2) is 21.4 Å². The van der Waals surface area contributed by atoms with Crippen LogP contribution in [0.2, 0.25) is 0 Å². The lowest BCUT2D eigenvalue weighted by atomic mass is 9.84. The van der Waals surface area contributed by atoms with E-state index in [-0.39, 0.29) is 23.7 Å². The highest BCUT2D eigenvalue weighted by Gasteiger charge is 2.35. The fourth-order valence-corrected chi connectivity index (χ4v) is 2.13. The van der Waals surface area contributed by atoms with Crippen LogP contribution in [0.4, 0.5) is 0 Å². The van der Waals surface area contributed by atoms with Crippen LogP contribution in [0.25, 0.3) is 0 Å². The number of aromatic nitrogens is 2. The van der Waals surface area contributed by atoms with Gasteiger partial charge in [-0.05, 0) is 6.92 Å². The molecule has 2 atom stereocenters. The van der Waals surface area contributed by atoms with Crippen molar-refractivity contribution in [1.29, 1.82) is 0 Å². The zero-order valence-corrected chi connectivity index (χ0v) is 9.43. The summed E-state index contributed by atoms with van der Waals surface area (Å²) in [5.74, 6) is -0.620. The van der Waals surface area contributed by atoms with E-state index in [0.717, 1.165) is 12.2 Å². The number of imidazole rings is 1. The maximum Gasteiger partial charge on any atom is 0.230 e. The Bertz CT molecular complexity index is 425. The van der Waals surface area contributed by atoms with E-state index in [9.17, 15) is 9.59 Å². The number of amides is 2. The average molecular weight is 221 g/mol. The third-order valence-electron chi connectivity index (χ3n) is 3.15. The molecule has 5 nitrogen and oxygen atoms in total. The zero-order valence-electron chi connectivity index (χ0n) is 9.43. The summed E-state index contributed by atoms with van der Waals surface area (Å²) < 4.78 is 1.98. The van der Waals surface area contributed by atoms with Crippen molar-refractivity contribution in [2.24, 2.45) is 5.92 Å². The van der Waals surface area contributed by atoms with Crippen molar-refractivity contribution in [3.63, 3.8) is 0 Å². The predicted molar refractivity (Wildman–Crippen MR) is 57.6 cm³/mol. The summed E-state index contributed by atoms with van der Waals surface area (Å²) in [5.41, 5.74) is 0.971. The SMILES string of the molecule is CCn1cncc1C1CC(=O)NC(=O)C1C. The van der Waals surface area contributed by atoms with E-state index < -0.39 is 0 Å². The first-order valence-electron chi connectivity index (χ1n) is 5.47. The van der Waals surface area contributed by atoms with Gasteiger partial charge in [0.2, 0.25) is 11.8 Å². The number of carbonyl (C=O) groups excluding carboxylic acids is 2. The first kappa shape index (κ1) is 10.9. The maximum atomic E-state index is 11.5. The van der Waals surface area contributed by atoms with E-state index >= 15 is 0 Å². The van der Waals surface area contributed by atoms with E-state index in [2.05, 4.69) is 10.3 Å². The first-order chi connectivity index (χ1) is 7.63. The van der Waals surface area contributed by atoms with Gasteiger partial charge in [-0.15, -0.1) is 0 Å². The summed E-state index contributed by atoms with van der Waals surface area (Å²) in [5, 5.41) is 2.35. The van der Waals surface area contributed by atoms with E-state index in [4.69, 9.17) is 0 Å². The minimum absolute atomic E-state index is 0.0521. The Labute approximate surface area is 93.9 Å². The normalized spacial score (nSPS) is 25.6. The van der Waals surface area contributed by atoms with Crippen LogP contribution in [-0.2, 0) is 16.1 Å². The lowest BCUT2D eigenvalue weighted by molar-refractivity contribution is -0.136. The zero-order chi connectivity index (χ0) is 11.7. The molecule has 0 aromatic carbocycles. The molecule has 2 rings (SSSR count). The average Bonchev–Trinajstić information content (AvgIpc) is 2.71. The quantitative estimate of drug-likeness (QED) is 0.746. The molecule has 0 radical (unpaired) electrons. The van der Waals surface area contributed by atoms with Crippen molar-refractivity contribution in [3.8, 4) is 0 Å². The third kappa shape index (κ3) is 1.73. The molecule has 1 fully saturated rings. The molecule has 1 aromatic heterocycles. The molecule has 2 unspecified atom stereocenters. The van der Waals surface area contributed by atoms with Crippen LogP contribution >= 0.6 is 0 Å². The van der Waals surface area contributed by atoms with Crippen molar-refractivity contribution >= 4 is 11.8 Å². The predicted octanol–water partition coefficient (Wildman–Crippen LogP) is 0.669. The molecular weight excluding hydrogens is 206 g/mol. The number of imide groups is 1. The highest BCUT2D eigenvalue weighted by molar-refractivity contribution is 5.99. The van der Waals surface area contributed by atoms with Crippen molar-refractivity contribution in [2.75, 3.05) is 0 Å². The maximum absolute atomic E-state index is 11.5. The first-order valence-corrected chi connectivity index (χ1v) is 5.47. The topological polar surface area (TPSA) is 64.0 Å². The van der Waals surface area contributed by atoms with Gasteiger partial charge in [-0.3, -0.25) is 14.9 Å². The van der Waals surface area contributed by atoms with E-state index in [1.54, 1.807) is 12.5 Å². The van der Waals surface area contributed by atoms with Gasteiger partial charge in [-0.25, -0.2) is 4.98 Å². The summed E-state index contributed by atoms with van der Waals surface area (Å²) in [6, 6.07) is 0. The number of hydrogen-bond acceptors (Lipinski definition) is 3. The second-order valence-electron chi connectivity index (χ2n) is 4.12. The number of aryl methyl sites for hydroxylation is 1. The summed E-state index contributed by atoms with van der Waals surface area (Å²) >= 11 is 0. The Hall–Kier alpha value is -1.65. The Morgan fingerprint density at radius 1 is 1.56 bits per heavy atom. The highest BCUT2D eigenvalue weighted by atomic mass is 16.2. The third-order valence-corrected chi connectivity index (χ3v) is 3.15. The summed E-state index contributed by atoms with van der Waals surface area (Å²) in [6.07, 6.45) is 3.84. The molecule has 1 aromatic rings. The molecule has 0 saturated carbocycles. The Kier molecular flexibility index (Phi) is 2.77. The van der Waals surface area contributed by atoms with E-state index in [0.29, 0.717) is 6.42 Å². The summed E-state index contributed by atoms with van der Waals surface area (Å²) in [4.78, 5) is 27.0. The van der Waals surface area contributed by atoms with Gasteiger partial charge >= 0.3 is 0 Å². The largest absolute Gasteiger partial charge is 0.335 e. The monoisotopic (exact) mass is 221 g/mol. The van der Waals surface area contributed by atoms with Crippen molar-refractivity contribution in [1.82, 2.24) is 14.9 Å². The summed E-state index contributed by atoms with van der Waals surface area (Å²) in [7, 11) is 0. The number of nitrogens with zero attached hydrogens (tertiary/aromatic N) is 2. The molecule has 2 amide bonds. The van der Waals surface area contributed by atoms with Crippen LogP contribution in [0.5, 0.6) is 0 Å². The summed E-state index contributed by atoms with van der Waals surface area (Å²) in [6.45, 7) is 4.66. The molecular formula is C11H15N3O2. The standard InChI is InChI=1S/C11H15N3O2/c1-3-14-6-12-5-9(14)8-4-10(15)13-11(16)7(8)2/h5-8H,3-4H2,1-2H3,(H,13,15,16). The van der Waals surface area contributed by atoms with Crippen molar-refractivity contribution in [3.05, 3.63) is 18.2 Å². The molecule has 2 heterocycles. The van der Waals surface area contributed by atoms with Crippen molar-refractivity contribution in [2.45, 2.75) is 32.7 Å². The van der Waals surface area contributed by atoms with Crippen LogP contribution in [0, 0.1) is 5.92 Å². The Morgan fingerprint density at radius 2 is 2.31 bits per heavy atom. The lowest BCUT2D eigenvalue weighted by Crippen LogP contribution is -2.44. The second-order valence-corrected chi connectivity index (χ2v) is 4.12. The van der Waals surface area contributed by atoms with E-state index in [1.165, 1.54) is 0 Å². The molecule has 1 N–H and O–H groups in total. The molecule has 0 bridgehead atoms. The van der Waals surface area contributed by atoms with Gasteiger partial charge in [0.15, 0.2) is 0 Å². The van der Waals surface area contributed by atoms with E-state index in [1.807, 2.05) is 18.4 Å². The number of nitrogens with one attached hydrogen (secondary N) is 1. The second kappa shape index (κ2) is 4.08. The lowest BCUT2D eigenvalue weighted by Gasteiger charge is -2.27. The van der Waals surface area contributed by atoms with Gasteiger partial charge < -0.3 is 4.57 Å². The number of rotatable bonds is 2. The minimum Gasteiger partial charge on any atom is -0.335 e. The number of carbonyl (C=O) groups is 2. The number of piperidine rings is 1. The van der Waals surface area contributed by atoms with Crippen LogP contribution < -0.4 is 5.32 Å². The van der Waals surface area contributed by atoms with Crippen LogP contribution in [0.15, 0.2) is 12.5 Å². The minimum atomic E-state index is -0.197.